The Bertz CT molecular complexity index is 371. The lowest BCUT2D eigenvalue weighted by molar-refractivity contribution is 0.387. The molecule has 1 fully saturated rings. The van der Waals surface area contributed by atoms with Gasteiger partial charge >= 0.3 is 0 Å². The van der Waals surface area contributed by atoms with Crippen molar-refractivity contribution in [3.05, 3.63) is 33.8 Å². The molecule has 1 heterocycles. The first-order valence-electron chi connectivity index (χ1n) is 6.46. The number of likely N-dealkylation sites (N-methyl/N-ethyl adjacent to an activating group) is 1. The zero-order chi connectivity index (χ0) is 13.0. The highest BCUT2D eigenvalue weighted by molar-refractivity contribution is 7.99. The molecule has 2 atom stereocenters. The summed E-state index contributed by atoms with van der Waals surface area (Å²) < 4.78 is 0. The zero-order valence-electron chi connectivity index (χ0n) is 10.6. The van der Waals surface area contributed by atoms with E-state index in [1.807, 2.05) is 30.0 Å². The third-order valence-electron chi connectivity index (χ3n) is 3.49. The summed E-state index contributed by atoms with van der Waals surface area (Å²) >= 11 is 14.6. The lowest BCUT2D eigenvalue weighted by Gasteiger charge is -2.24. The van der Waals surface area contributed by atoms with Crippen molar-refractivity contribution in [1.29, 1.82) is 0 Å². The van der Waals surface area contributed by atoms with Crippen LogP contribution in [0.4, 0.5) is 0 Å². The molecule has 1 saturated heterocycles. The van der Waals surface area contributed by atoms with Crippen LogP contribution in [-0.4, -0.2) is 24.1 Å². The van der Waals surface area contributed by atoms with Crippen LogP contribution in [0.2, 0.25) is 10.0 Å². The van der Waals surface area contributed by atoms with Crippen LogP contribution in [0.15, 0.2) is 18.2 Å². The van der Waals surface area contributed by atoms with E-state index in [9.17, 15) is 0 Å². The highest BCUT2D eigenvalue weighted by atomic mass is 35.5. The van der Waals surface area contributed by atoms with Crippen molar-refractivity contribution in [2.45, 2.75) is 25.8 Å². The molecule has 100 valence electrons. The highest BCUT2D eigenvalue weighted by Crippen LogP contribution is 2.31. The van der Waals surface area contributed by atoms with E-state index in [1.165, 1.54) is 17.9 Å². The maximum atomic E-state index is 6.26. The first kappa shape index (κ1) is 14.5. The second kappa shape index (κ2) is 7.04. The molecule has 1 aromatic rings. The van der Waals surface area contributed by atoms with E-state index in [0.29, 0.717) is 6.04 Å². The summed E-state index contributed by atoms with van der Waals surface area (Å²) in [7, 11) is 0. The summed E-state index contributed by atoms with van der Waals surface area (Å²) in [5.74, 6) is 3.27. The number of nitrogens with one attached hydrogen (secondary N) is 1. The molecule has 1 aliphatic rings. The van der Waals surface area contributed by atoms with Gasteiger partial charge in [0.05, 0.1) is 0 Å². The lowest BCUT2D eigenvalue weighted by atomic mass is 9.93. The van der Waals surface area contributed by atoms with Crippen molar-refractivity contribution in [2.75, 3.05) is 18.1 Å². The fourth-order valence-corrected chi connectivity index (χ4v) is 4.37. The third-order valence-corrected chi connectivity index (χ3v) is 5.38. The second-order valence-corrected chi connectivity index (χ2v) is 6.66. The quantitative estimate of drug-likeness (QED) is 0.872. The predicted octanol–water partition coefficient (Wildman–Crippen LogP) is 4.27. The Hall–Kier alpha value is 0.110. The van der Waals surface area contributed by atoms with E-state index in [4.69, 9.17) is 23.2 Å². The molecule has 1 nitrogen and oxygen atoms in total. The molecule has 1 aromatic carbocycles. The van der Waals surface area contributed by atoms with E-state index in [1.54, 1.807) is 0 Å². The summed E-state index contributed by atoms with van der Waals surface area (Å²) in [5.41, 5.74) is 1.09. The summed E-state index contributed by atoms with van der Waals surface area (Å²) in [6.45, 7) is 3.15. The minimum Gasteiger partial charge on any atom is -0.314 e. The Balaban J connectivity index is 2.12. The number of thioether (sulfide) groups is 1. The Morgan fingerprint density at radius 1 is 1.39 bits per heavy atom. The van der Waals surface area contributed by atoms with Crippen LogP contribution < -0.4 is 5.32 Å². The first-order chi connectivity index (χ1) is 8.72. The SMILES string of the molecule is CCNC(Cc1c(Cl)cccc1Cl)C1CCSC1. The molecule has 0 spiro atoms. The van der Waals surface area contributed by atoms with Crippen molar-refractivity contribution >= 4 is 35.0 Å². The maximum Gasteiger partial charge on any atom is 0.0453 e. The van der Waals surface area contributed by atoms with Gasteiger partial charge in [-0.1, -0.05) is 36.2 Å². The molecule has 2 rings (SSSR count). The first-order valence-corrected chi connectivity index (χ1v) is 8.37. The van der Waals surface area contributed by atoms with Crippen LogP contribution in [0.1, 0.15) is 18.9 Å². The fraction of sp³-hybridized carbons (Fsp3) is 0.571. The van der Waals surface area contributed by atoms with Crippen molar-refractivity contribution in [3.63, 3.8) is 0 Å². The van der Waals surface area contributed by atoms with Gasteiger partial charge in [0.1, 0.15) is 0 Å². The predicted molar refractivity (Wildman–Crippen MR) is 83.1 cm³/mol. The molecule has 18 heavy (non-hydrogen) atoms. The largest absolute Gasteiger partial charge is 0.314 e. The number of hydrogen-bond acceptors (Lipinski definition) is 2. The molecular formula is C14H19Cl2NS. The Morgan fingerprint density at radius 2 is 2.11 bits per heavy atom. The number of halogens is 2. The van der Waals surface area contributed by atoms with E-state index in [2.05, 4.69) is 12.2 Å². The van der Waals surface area contributed by atoms with Crippen LogP contribution in [0.3, 0.4) is 0 Å². The Morgan fingerprint density at radius 3 is 2.67 bits per heavy atom. The average molecular weight is 304 g/mol. The smallest absolute Gasteiger partial charge is 0.0453 e. The molecule has 1 aliphatic heterocycles. The van der Waals surface area contributed by atoms with Crippen molar-refractivity contribution in [2.24, 2.45) is 5.92 Å². The van der Waals surface area contributed by atoms with Gasteiger partial charge in [0.25, 0.3) is 0 Å². The van der Waals surface area contributed by atoms with Gasteiger partial charge in [-0.25, -0.2) is 0 Å². The Labute approximate surface area is 124 Å². The highest BCUT2D eigenvalue weighted by Gasteiger charge is 2.26. The van der Waals surface area contributed by atoms with Gasteiger partial charge in [-0.15, -0.1) is 0 Å². The monoisotopic (exact) mass is 303 g/mol. The van der Waals surface area contributed by atoms with Crippen LogP contribution in [0.25, 0.3) is 0 Å². The van der Waals surface area contributed by atoms with Crippen LogP contribution in [0.5, 0.6) is 0 Å². The van der Waals surface area contributed by atoms with E-state index in [0.717, 1.165) is 34.5 Å². The topological polar surface area (TPSA) is 12.0 Å². The molecule has 0 aromatic heterocycles. The van der Waals surface area contributed by atoms with E-state index >= 15 is 0 Å². The van der Waals surface area contributed by atoms with E-state index < -0.39 is 0 Å². The molecule has 4 heteroatoms. The second-order valence-electron chi connectivity index (χ2n) is 4.69. The maximum absolute atomic E-state index is 6.26. The van der Waals surface area contributed by atoms with Crippen LogP contribution in [0, 0.1) is 5.92 Å². The van der Waals surface area contributed by atoms with Crippen molar-refractivity contribution < 1.29 is 0 Å². The third kappa shape index (κ3) is 3.57. The summed E-state index contributed by atoms with van der Waals surface area (Å²) in [6.07, 6.45) is 2.22. The molecule has 0 amide bonds. The van der Waals surface area contributed by atoms with Gasteiger partial charge in [-0.3, -0.25) is 0 Å². The van der Waals surface area contributed by atoms with Gasteiger partial charge in [0.2, 0.25) is 0 Å². The van der Waals surface area contributed by atoms with Crippen molar-refractivity contribution in [3.8, 4) is 0 Å². The molecule has 1 N–H and O–H groups in total. The molecule has 0 saturated carbocycles. The van der Waals surface area contributed by atoms with E-state index in [-0.39, 0.29) is 0 Å². The van der Waals surface area contributed by atoms with Gasteiger partial charge in [0, 0.05) is 16.1 Å². The van der Waals surface area contributed by atoms with Crippen LogP contribution in [-0.2, 0) is 6.42 Å². The molecule has 2 unspecified atom stereocenters. The van der Waals surface area contributed by atoms with Gasteiger partial charge < -0.3 is 5.32 Å². The normalized spacial score (nSPS) is 21.2. The summed E-state index contributed by atoms with van der Waals surface area (Å²) in [4.78, 5) is 0. The minimum atomic E-state index is 0.488. The molecular weight excluding hydrogens is 285 g/mol. The van der Waals surface area contributed by atoms with Gasteiger partial charge in [-0.05, 0) is 54.5 Å². The fourth-order valence-electron chi connectivity index (χ4n) is 2.49. The summed E-state index contributed by atoms with van der Waals surface area (Å²) in [5, 5.41) is 5.17. The number of rotatable bonds is 5. The molecule has 0 bridgehead atoms. The standard InChI is InChI=1S/C14H19Cl2NS/c1-2-17-14(10-6-7-18-9-10)8-11-12(15)4-3-5-13(11)16/h3-5,10,14,17H,2,6-9H2,1H3. The van der Waals surface area contributed by atoms with Gasteiger partial charge in [0.15, 0.2) is 0 Å². The minimum absolute atomic E-state index is 0.488. The Kier molecular flexibility index (Phi) is 5.68. The lowest BCUT2D eigenvalue weighted by Crippen LogP contribution is -2.38. The van der Waals surface area contributed by atoms with Crippen LogP contribution >= 0.6 is 35.0 Å². The summed E-state index contributed by atoms with van der Waals surface area (Å²) in [6, 6.07) is 6.24. The van der Waals surface area contributed by atoms with Gasteiger partial charge in [-0.2, -0.15) is 11.8 Å². The zero-order valence-corrected chi connectivity index (χ0v) is 12.9. The average Bonchev–Trinajstić information content (AvgIpc) is 2.86. The molecule has 0 aliphatic carbocycles. The number of hydrogen-bond donors (Lipinski definition) is 1. The number of benzene rings is 1. The molecule has 0 radical (unpaired) electrons. The van der Waals surface area contributed by atoms with Crippen molar-refractivity contribution in [1.82, 2.24) is 5.32 Å².